The Labute approximate surface area is 123 Å². The molecule has 0 aromatic heterocycles. The third kappa shape index (κ3) is 2.95. The minimum Gasteiger partial charge on any atom is -0.375 e. The quantitative estimate of drug-likeness (QED) is 0.756. The first-order valence-corrected chi connectivity index (χ1v) is 8.90. The lowest BCUT2D eigenvalue weighted by Gasteiger charge is -2.47. The van der Waals surface area contributed by atoms with E-state index in [9.17, 15) is 4.79 Å². The predicted octanol–water partition coefficient (Wildman–Crippen LogP) is 4.51. The first-order chi connectivity index (χ1) is 9.72. The normalized spacial score (nSPS) is 36.5. The Morgan fingerprint density at radius 3 is 2.45 bits per heavy atom. The van der Waals surface area contributed by atoms with Gasteiger partial charge in [0.25, 0.3) is 0 Å². The van der Waals surface area contributed by atoms with Crippen molar-refractivity contribution in [3.05, 3.63) is 0 Å². The van der Waals surface area contributed by atoms with Crippen molar-refractivity contribution in [1.29, 1.82) is 0 Å². The Hall–Kier alpha value is -0.370. The first kappa shape index (κ1) is 14.6. The maximum Gasteiger partial charge on any atom is 0.139 e. The van der Waals surface area contributed by atoms with E-state index in [1.54, 1.807) is 0 Å². The minimum absolute atomic E-state index is 0.123. The molecule has 1 heterocycles. The van der Waals surface area contributed by atoms with Crippen LogP contribution >= 0.6 is 0 Å². The van der Waals surface area contributed by atoms with Crippen LogP contribution in [0.4, 0.5) is 0 Å². The molecule has 0 bridgehead atoms. The van der Waals surface area contributed by atoms with E-state index >= 15 is 0 Å². The molecule has 1 unspecified atom stereocenters. The Morgan fingerprint density at radius 1 is 1.10 bits per heavy atom. The molecule has 3 rings (SSSR count). The number of rotatable bonds is 4. The zero-order chi connectivity index (χ0) is 14.0. The van der Waals surface area contributed by atoms with Crippen LogP contribution in [0.3, 0.4) is 0 Å². The first-order valence-electron chi connectivity index (χ1n) is 8.90. The third-order valence-corrected chi connectivity index (χ3v) is 6.11. The highest BCUT2D eigenvalue weighted by Crippen LogP contribution is 2.45. The maximum atomic E-state index is 12.8. The SMILES string of the molecule is CCCC1CCC(C(=O)C2CCOC3(CCC3)C2)CC1. The number of ether oxygens (including phenoxy) is 1. The summed E-state index contributed by atoms with van der Waals surface area (Å²) < 4.78 is 5.97. The summed E-state index contributed by atoms with van der Waals surface area (Å²) in [5.74, 6) is 2.19. The lowest BCUT2D eigenvalue weighted by molar-refractivity contribution is -0.158. The lowest BCUT2D eigenvalue weighted by Crippen LogP contribution is -2.48. The molecule has 1 spiro atoms. The fourth-order valence-corrected chi connectivity index (χ4v) is 4.67. The Bertz CT molecular complexity index is 337. The number of hydrogen-bond acceptors (Lipinski definition) is 2. The zero-order valence-corrected chi connectivity index (χ0v) is 13.0. The fourth-order valence-electron chi connectivity index (χ4n) is 4.67. The summed E-state index contributed by atoms with van der Waals surface area (Å²) >= 11 is 0. The van der Waals surface area contributed by atoms with E-state index in [0.717, 1.165) is 38.2 Å². The monoisotopic (exact) mass is 278 g/mol. The smallest absolute Gasteiger partial charge is 0.139 e. The van der Waals surface area contributed by atoms with Gasteiger partial charge in [-0.25, -0.2) is 0 Å². The molecule has 1 atom stereocenters. The Kier molecular flexibility index (Phi) is 4.49. The average molecular weight is 278 g/mol. The summed E-state index contributed by atoms with van der Waals surface area (Å²) in [4.78, 5) is 12.8. The Morgan fingerprint density at radius 2 is 1.85 bits per heavy atom. The maximum absolute atomic E-state index is 12.8. The third-order valence-electron chi connectivity index (χ3n) is 6.11. The molecule has 114 valence electrons. The zero-order valence-electron chi connectivity index (χ0n) is 13.0. The van der Waals surface area contributed by atoms with E-state index in [4.69, 9.17) is 4.74 Å². The molecule has 1 saturated heterocycles. The van der Waals surface area contributed by atoms with Crippen molar-refractivity contribution < 1.29 is 9.53 Å². The van der Waals surface area contributed by atoms with Gasteiger partial charge >= 0.3 is 0 Å². The molecule has 3 fully saturated rings. The van der Waals surface area contributed by atoms with E-state index in [-0.39, 0.29) is 5.60 Å². The van der Waals surface area contributed by atoms with E-state index in [1.165, 1.54) is 44.9 Å². The molecule has 0 radical (unpaired) electrons. The molecule has 0 amide bonds. The van der Waals surface area contributed by atoms with E-state index in [1.807, 2.05) is 0 Å². The van der Waals surface area contributed by atoms with Crippen LogP contribution in [0.5, 0.6) is 0 Å². The highest BCUT2D eigenvalue weighted by molar-refractivity contribution is 5.83. The van der Waals surface area contributed by atoms with Crippen molar-refractivity contribution in [2.24, 2.45) is 17.8 Å². The molecule has 20 heavy (non-hydrogen) atoms. The van der Waals surface area contributed by atoms with Crippen molar-refractivity contribution in [1.82, 2.24) is 0 Å². The van der Waals surface area contributed by atoms with Crippen LogP contribution in [-0.2, 0) is 9.53 Å². The number of carbonyl (C=O) groups is 1. The Balaban J connectivity index is 1.51. The lowest BCUT2D eigenvalue weighted by atomic mass is 9.68. The van der Waals surface area contributed by atoms with Gasteiger partial charge in [-0.05, 0) is 63.7 Å². The molecule has 2 aliphatic carbocycles. The van der Waals surface area contributed by atoms with Crippen LogP contribution < -0.4 is 0 Å². The number of ketones is 1. The summed E-state index contributed by atoms with van der Waals surface area (Å²) in [6, 6.07) is 0. The second-order valence-corrected chi connectivity index (χ2v) is 7.48. The van der Waals surface area contributed by atoms with Gasteiger partial charge in [0.15, 0.2) is 0 Å². The molecule has 2 saturated carbocycles. The van der Waals surface area contributed by atoms with E-state index in [2.05, 4.69) is 6.92 Å². The van der Waals surface area contributed by atoms with Gasteiger partial charge in [0.1, 0.15) is 5.78 Å². The standard InChI is InChI=1S/C18H30O2/c1-2-4-14-5-7-15(8-6-14)17(19)16-9-12-20-18(13-16)10-3-11-18/h14-16H,2-13H2,1H3. The van der Waals surface area contributed by atoms with E-state index < -0.39 is 0 Å². The topological polar surface area (TPSA) is 26.3 Å². The van der Waals surface area contributed by atoms with Crippen molar-refractivity contribution in [2.75, 3.05) is 6.61 Å². The molecule has 0 aromatic rings. The van der Waals surface area contributed by atoms with Crippen LogP contribution in [0.1, 0.15) is 77.6 Å². The number of hydrogen-bond donors (Lipinski definition) is 0. The van der Waals surface area contributed by atoms with Gasteiger partial charge in [0, 0.05) is 18.4 Å². The molecular formula is C18H30O2. The average Bonchev–Trinajstić information content (AvgIpc) is 2.46. The summed E-state index contributed by atoms with van der Waals surface area (Å²) in [6.07, 6.45) is 13.3. The second kappa shape index (κ2) is 6.17. The molecular weight excluding hydrogens is 248 g/mol. The molecule has 1 aliphatic heterocycles. The van der Waals surface area contributed by atoms with Gasteiger partial charge in [-0.15, -0.1) is 0 Å². The summed E-state index contributed by atoms with van der Waals surface area (Å²) in [6.45, 7) is 3.10. The molecule has 0 N–H and O–H groups in total. The van der Waals surface area contributed by atoms with Gasteiger partial charge in [-0.2, -0.15) is 0 Å². The molecule has 2 nitrogen and oxygen atoms in total. The minimum atomic E-state index is 0.123. The highest BCUT2D eigenvalue weighted by atomic mass is 16.5. The van der Waals surface area contributed by atoms with Crippen LogP contribution in [0.25, 0.3) is 0 Å². The fraction of sp³-hybridized carbons (Fsp3) is 0.944. The molecule has 0 aromatic carbocycles. The van der Waals surface area contributed by atoms with Crippen LogP contribution in [0.15, 0.2) is 0 Å². The summed E-state index contributed by atoms with van der Waals surface area (Å²) in [5, 5.41) is 0. The van der Waals surface area contributed by atoms with Crippen LogP contribution in [0.2, 0.25) is 0 Å². The van der Waals surface area contributed by atoms with Crippen molar-refractivity contribution in [3.8, 4) is 0 Å². The number of carbonyl (C=O) groups excluding carboxylic acids is 1. The summed E-state index contributed by atoms with van der Waals surface area (Å²) in [5.41, 5.74) is 0.123. The molecule has 3 aliphatic rings. The molecule has 2 heteroatoms. The summed E-state index contributed by atoms with van der Waals surface area (Å²) in [7, 11) is 0. The van der Waals surface area contributed by atoms with Gasteiger partial charge in [-0.1, -0.05) is 19.8 Å². The van der Waals surface area contributed by atoms with Crippen LogP contribution in [0, 0.1) is 17.8 Å². The van der Waals surface area contributed by atoms with Gasteiger partial charge in [0.2, 0.25) is 0 Å². The highest BCUT2D eigenvalue weighted by Gasteiger charge is 2.45. The van der Waals surface area contributed by atoms with E-state index in [0.29, 0.717) is 17.6 Å². The largest absolute Gasteiger partial charge is 0.375 e. The van der Waals surface area contributed by atoms with Crippen molar-refractivity contribution in [2.45, 2.75) is 83.2 Å². The predicted molar refractivity (Wildman–Crippen MR) is 80.6 cm³/mol. The van der Waals surface area contributed by atoms with Gasteiger partial charge < -0.3 is 4.74 Å². The van der Waals surface area contributed by atoms with Gasteiger partial charge in [-0.3, -0.25) is 4.79 Å². The van der Waals surface area contributed by atoms with Crippen LogP contribution in [-0.4, -0.2) is 18.0 Å². The number of Topliss-reactive ketones (excluding diaryl/α,β-unsaturated/α-hetero) is 1. The van der Waals surface area contributed by atoms with Crippen molar-refractivity contribution in [3.63, 3.8) is 0 Å². The van der Waals surface area contributed by atoms with Crippen molar-refractivity contribution >= 4 is 5.78 Å². The van der Waals surface area contributed by atoms with Gasteiger partial charge in [0.05, 0.1) is 5.60 Å². The second-order valence-electron chi connectivity index (χ2n) is 7.48.